The number of nitrogens with one attached hydrogen (secondary N) is 2. The number of amides is 1. The number of unbranched alkanes of at least 4 members (excludes halogenated alkanes) is 2. The number of phenols is 1. The smallest absolute Gasteiger partial charge is 0.261 e. The molecule has 6 heteroatoms. The van der Waals surface area contributed by atoms with Crippen molar-refractivity contribution in [1.29, 1.82) is 5.41 Å². The molecule has 3 N–H and O–H groups in total. The second-order valence-corrected chi connectivity index (χ2v) is 7.81. The van der Waals surface area contributed by atoms with Gasteiger partial charge in [-0.25, -0.2) is 0 Å². The van der Waals surface area contributed by atoms with Gasteiger partial charge < -0.3 is 19.6 Å². The Kier molecular flexibility index (Phi) is 10.2. The highest BCUT2D eigenvalue weighted by atomic mass is 16.5. The summed E-state index contributed by atoms with van der Waals surface area (Å²) in [5.41, 5.74) is 3.91. The third kappa shape index (κ3) is 8.15. The van der Waals surface area contributed by atoms with Crippen LogP contribution >= 0.6 is 0 Å². The number of aryl methyl sites for hydroxylation is 3. The predicted octanol–water partition coefficient (Wildman–Crippen LogP) is 6.02. The Bertz CT molecular complexity index is 1090. The van der Waals surface area contributed by atoms with Crippen LogP contribution in [0.25, 0.3) is 0 Å². The summed E-state index contributed by atoms with van der Waals surface area (Å²) in [6.07, 6.45) is 6.75. The first-order valence-electron chi connectivity index (χ1n) is 11.3. The van der Waals surface area contributed by atoms with Crippen molar-refractivity contribution in [3.05, 3.63) is 82.6 Å². The number of methoxy groups -OCH3 is 1. The average Bonchev–Trinajstić information content (AvgIpc) is 2.83. The van der Waals surface area contributed by atoms with Crippen molar-refractivity contribution in [2.45, 2.75) is 52.9 Å². The van der Waals surface area contributed by atoms with Crippen molar-refractivity contribution < 1.29 is 19.1 Å². The summed E-state index contributed by atoms with van der Waals surface area (Å²) < 4.78 is 10.2. The van der Waals surface area contributed by atoms with Crippen LogP contribution in [0.3, 0.4) is 0 Å². The van der Waals surface area contributed by atoms with Gasteiger partial charge in [-0.3, -0.25) is 10.2 Å². The molecule has 0 radical (unpaired) electrons. The molecule has 0 aliphatic rings. The fraction of sp³-hybridized carbons (Fsp3) is 0.333. The lowest BCUT2D eigenvalue weighted by Gasteiger charge is -2.07. The molecule has 2 aromatic carbocycles. The third-order valence-electron chi connectivity index (χ3n) is 5.24. The maximum atomic E-state index is 12.4. The maximum absolute atomic E-state index is 12.4. The van der Waals surface area contributed by atoms with Crippen molar-refractivity contribution in [2.24, 2.45) is 0 Å². The number of aromatic hydroxyl groups is 1. The summed E-state index contributed by atoms with van der Waals surface area (Å²) in [6.45, 7) is 6.07. The number of anilines is 1. The molecular weight excluding hydrogens is 416 g/mol. The van der Waals surface area contributed by atoms with E-state index in [1.807, 2.05) is 31.2 Å². The number of carbonyl (C=O) groups excluding carboxylic acids is 1. The van der Waals surface area contributed by atoms with Gasteiger partial charge in [0.05, 0.1) is 13.4 Å². The highest BCUT2D eigenvalue weighted by molar-refractivity contribution is 6.03. The van der Waals surface area contributed by atoms with E-state index in [-0.39, 0.29) is 17.0 Å². The Hall–Kier alpha value is -3.54. The van der Waals surface area contributed by atoms with Gasteiger partial charge in [0.2, 0.25) is 5.55 Å². The molecular formula is C27H34N2O4. The van der Waals surface area contributed by atoms with Gasteiger partial charge >= 0.3 is 0 Å². The highest BCUT2D eigenvalue weighted by Gasteiger charge is 2.11. The molecule has 0 unspecified atom stereocenters. The summed E-state index contributed by atoms with van der Waals surface area (Å²) in [5.74, 6) is 0.774. The minimum atomic E-state index is -0.305. The van der Waals surface area contributed by atoms with E-state index < -0.39 is 0 Å². The van der Waals surface area contributed by atoms with Crippen molar-refractivity contribution in [3.63, 3.8) is 0 Å². The molecule has 0 bridgehead atoms. The molecule has 0 fully saturated rings. The second-order valence-electron chi connectivity index (χ2n) is 7.81. The van der Waals surface area contributed by atoms with Crippen molar-refractivity contribution in [3.8, 4) is 11.5 Å². The zero-order valence-electron chi connectivity index (χ0n) is 19.9. The van der Waals surface area contributed by atoms with E-state index in [1.54, 1.807) is 37.6 Å². The first-order chi connectivity index (χ1) is 15.9. The van der Waals surface area contributed by atoms with Gasteiger partial charge in [0.1, 0.15) is 17.1 Å². The summed E-state index contributed by atoms with van der Waals surface area (Å²) in [6, 6.07) is 14.6. The molecule has 0 aliphatic heterocycles. The normalized spacial score (nSPS) is 10.2. The molecule has 1 aromatic heterocycles. The Morgan fingerprint density at radius 1 is 1.06 bits per heavy atom. The van der Waals surface area contributed by atoms with E-state index >= 15 is 0 Å². The zero-order valence-corrected chi connectivity index (χ0v) is 19.9. The minimum Gasteiger partial charge on any atom is -0.508 e. The summed E-state index contributed by atoms with van der Waals surface area (Å²) in [7, 11) is 1.60. The number of benzene rings is 2. The van der Waals surface area contributed by atoms with Crippen molar-refractivity contribution in [2.75, 3.05) is 12.4 Å². The van der Waals surface area contributed by atoms with Crippen molar-refractivity contribution >= 4 is 11.6 Å². The summed E-state index contributed by atoms with van der Waals surface area (Å²) >= 11 is 0. The lowest BCUT2D eigenvalue weighted by Crippen LogP contribution is -2.21. The monoisotopic (exact) mass is 450 g/mol. The molecule has 0 spiro atoms. The molecule has 6 nitrogen and oxygen atoms in total. The third-order valence-corrected chi connectivity index (χ3v) is 5.24. The average molecular weight is 451 g/mol. The van der Waals surface area contributed by atoms with Gasteiger partial charge in [-0.1, -0.05) is 38.8 Å². The zero-order chi connectivity index (χ0) is 24.2. The van der Waals surface area contributed by atoms with Crippen LogP contribution in [-0.2, 0) is 12.8 Å². The molecule has 1 heterocycles. The van der Waals surface area contributed by atoms with E-state index in [2.05, 4.69) is 19.2 Å². The van der Waals surface area contributed by atoms with Crippen LogP contribution in [0.5, 0.6) is 11.5 Å². The molecule has 0 aliphatic carbocycles. The molecule has 1 amide bonds. The van der Waals surface area contributed by atoms with E-state index in [9.17, 15) is 4.79 Å². The van der Waals surface area contributed by atoms with Crippen LogP contribution in [0.1, 0.15) is 60.2 Å². The topological polar surface area (TPSA) is 95.6 Å². The van der Waals surface area contributed by atoms with Gasteiger partial charge in [0, 0.05) is 5.69 Å². The molecule has 0 atom stereocenters. The number of rotatable bonds is 8. The van der Waals surface area contributed by atoms with Crippen LogP contribution in [0.15, 0.2) is 59.2 Å². The van der Waals surface area contributed by atoms with Gasteiger partial charge in [0.15, 0.2) is 0 Å². The lowest BCUT2D eigenvalue weighted by molar-refractivity contribution is 0.102. The van der Waals surface area contributed by atoms with E-state index in [4.69, 9.17) is 19.7 Å². The van der Waals surface area contributed by atoms with Crippen LogP contribution in [0, 0.1) is 12.3 Å². The van der Waals surface area contributed by atoms with Gasteiger partial charge in [-0.15, -0.1) is 0 Å². The largest absolute Gasteiger partial charge is 0.508 e. The fourth-order valence-corrected chi connectivity index (χ4v) is 3.14. The highest BCUT2D eigenvalue weighted by Crippen LogP contribution is 2.21. The Labute approximate surface area is 195 Å². The predicted molar refractivity (Wildman–Crippen MR) is 131 cm³/mol. The van der Waals surface area contributed by atoms with Crippen LogP contribution in [0.2, 0.25) is 0 Å². The van der Waals surface area contributed by atoms with Crippen molar-refractivity contribution in [1.82, 2.24) is 0 Å². The second kappa shape index (κ2) is 13.1. The quantitative estimate of drug-likeness (QED) is 0.366. The molecule has 3 aromatic rings. The first-order valence-corrected chi connectivity index (χ1v) is 11.3. The van der Waals surface area contributed by atoms with E-state index in [1.165, 1.54) is 5.56 Å². The van der Waals surface area contributed by atoms with E-state index in [0.717, 1.165) is 54.7 Å². The summed E-state index contributed by atoms with van der Waals surface area (Å²) in [5, 5.41) is 19.7. The molecule has 0 saturated heterocycles. The van der Waals surface area contributed by atoms with E-state index in [0.29, 0.717) is 5.75 Å². The van der Waals surface area contributed by atoms with Gasteiger partial charge in [-0.2, -0.15) is 0 Å². The number of hydrogen-bond donors (Lipinski definition) is 3. The summed E-state index contributed by atoms with van der Waals surface area (Å²) in [4.78, 5) is 12.4. The molecule has 176 valence electrons. The van der Waals surface area contributed by atoms with Gasteiger partial charge in [0.25, 0.3) is 5.91 Å². The number of phenolic OH excluding ortho intramolecular Hbond substituents is 1. The maximum Gasteiger partial charge on any atom is 0.261 e. The first kappa shape index (κ1) is 25.7. The van der Waals surface area contributed by atoms with Gasteiger partial charge in [-0.05, 0) is 79.3 Å². The number of carbonyl (C=O) groups is 1. The van der Waals surface area contributed by atoms with Crippen LogP contribution in [0.4, 0.5) is 5.69 Å². The minimum absolute atomic E-state index is 0.105. The fourth-order valence-electron chi connectivity index (χ4n) is 3.14. The SMILES string of the molecule is CCCCCc1coc(=N)c(C(=O)Nc2ccc(CC)cc2)c1.COc1ccc(O)c(C)c1. The van der Waals surface area contributed by atoms with Crippen LogP contribution < -0.4 is 15.6 Å². The Morgan fingerprint density at radius 2 is 1.79 bits per heavy atom. The molecule has 3 rings (SSSR count). The Balaban J connectivity index is 0.000000321. The molecule has 33 heavy (non-hydrogen) atoms. The number of ether oxygens (including phenoxy) is 1. The van der Waals surface area contributed by atoms with Crippen LogP contribution in [-0.4, -0.2) is 18.1 Å². The standard InChI is InChI=1S/C19H24N2O2.C8H10O2/c1-3-5-6-7-15-12-17(18(20)23-13-15)19(22)21-16-10-8-14(4-2)9-11-16;1-6-5-7(10-2)3-4-8(6)9/h8-13,20H,3-7H2,1-2H3,(H,21,22);3-5,9H,1-2H3. The number of hydrogen-bond acceptors (Lipinski definition) is 5. The lowest BCUT2D eigenvalue weighted by atomic mass is 10.1. The Morgan fingerprint density at radius 3 is 2.39 bits per heavy atom. The molecule has 0 saturated carbocycles.